The number of para-hydroxylation sites is 1. The van der Waals surface area contributed by atoms with E-state index in [4.69, 9.17) is 16.4 Å². The molecule has 2 N–H and O–H groups in total. The van der Waals surface area contributed by atoms with Crippen LogP contribution >= 0.6 is 11.6 Å². The molecule has 0 saturated heterocycles. The highest BCUT2D eigenvalue weighted by molar-refractivity contribution is 6.33. The Balaban J connectivity index is 1.89. The van der Waals surface area contributed by atoms with Gasteiger partial charge in [0.2, 0.25) is 0 Å². The molecule has 1 amide bonds. The van der Waals surface area contributed by atoms with Crippen molar-refractivity contribution in [3.05, 3.63) is 70.3 Å². The van der Waals surface area contributed by atoms with E-state index in [1.165, 1.54) is 7.11 Å². The fourth-order valence-electron chi connectivity index (χ4n) is 3.09. The molecule has 3 aromatic rings. The van der Waals surface area contributed by atoms with Crippen molar-refractivity contribution in [2.24, 2.45) is 0 Å². The molecule has 29 heavy (non-hydrogen) atoms. The van der Waals surface area contributed by atoms with Crippen molar-refractivity contribution in [3.8, 4) is 0 Å². The molecule has 7 nitrogen and oxygen atoms in total. The van der Waals surface area contributed by atoms with Gasteiger partial charge in [-0.2, -0.15) is 5.10 Å². The summed E-state index contributed by atoms with van der Waals surface area (Å²) in [6.07, 6.45) is 2.23. The smallest absolute Gasteiger partial charge is 0.276 e. The summed E-state index contributed by atoms with van der Waals surface area (Å²) in [4.78, 5) is 21.4. The van der Waals surface area contributed by atoms with Crippen LogP contribution in [-0.2, 0) is 11.3 Å². The molecule has 0 unspecified atom stereocenters. The van der Waals surface area contributed by atoms with Crippen molar-refractivity contribution in [3.63, 3.8) is 0 Å². The molecule has 3 rings (SSSR count). The van der Waals surface area contributed by atoms with Crippen molar-refractivity contribution >= 4 is 28.9 Å². The Morgan fingerprint density at radius 3 is 2.72 bits per heavy atom. The van der Waals surface area contributed by atoms with Crippen LogP contribution in [0.25, 0.3) is 0 Å². The van der Waals surface area contributed by atoms with E-state index >= 15 is 0 Å². The maximum atomic E-state index is 12.2. The Bertz CT molecular complexity index is 1020. The van der Waals surface area contributed by atoms with Crippen LogP contribution in [0.1, 0.15) is 47.3 Å². The van der Waals surface area contributed by atoms with E-state index in [9.17, 15) is 4.79 Å². The number of aryl methyl sites for hydroxylation is 1. The zero-order chi connectivity index (χ0) is 21.0. The molecule has 0 aliphatic carbocycles. The topological polar surface area (TPSA) is 81.1 Å². The summed E-state index contributed by atoms with van der Waals surface area (Å²) in [7, 11) is 1.39. The maximum absolute atomic E-state index is 12.2. The Kier molecular flexibility index (Phi) is 6.51. The molecule has 0 fully saturated rings. The van der Waals surface area contributed by atoms with E-state index in [2.05, 4.69) is 40.8 Å². The van der Waals surface area contributed by atoms with Gasteiger partial charge in [0.05, 0.1) is 34.8 Å². The van der Waals surface area contributed by atoms with Crippen LogP contribution in [0.2, 0.25) is 5.02 Å². The molecule has 1 aromatic carbocycles. The number of benzene rings is 1. The number of carbonyl (C=O) groups excluding carboxylic acids is 1. The molecule has 152 valence electrons. The molecular formula is C21H24ClN5O2. The van der Waals surface area contributed by atoms with Gasteiger partial charge in [-0.3, -0.25) is 19.3 Å². The molecular weight excluding hydrogens is 390 g/mol. The number of anilines is 2. The third-order valence-corrected chi connectivity index (χ3v) is 4.64. The normalized spacial score (nSPS) is 11.0. The highest BCUT2D eigenvalue weighted by Crippen LogP contribution is 2.28. The number of nitrogens with zero attached hydrogens (tertiary/aromatic N) is 3. The number of aromatic nitrogens is 3. The first-order chi connectivity index (χ1) is 13.9. The number of hydrogen-bond donors (Lipinski definition) is 2. The highest BCUT2D eigenvalue weighted by Gasteiger charge is 2.14. The predicted molar refractivity (Wildman–Crippen MR) is 114 cm³/mol. The fraction of sp³-hybridized carbons (Fsp3) is 0.286. The second-order valence-electron chi connectivity index (χ2n) is 6.95. The number of amides is 1. The quantitative estimate of drug-likeness (QED) is 0.559. The predicted octanol–water partition coefficient (Wildman–Crippen LogP) is 4.45. The van der Waals surface area contributed by atoms with Gasteiger partial charge in [0.15, 0.2) is 0 Å². The first kappa shape index (κ1) is 20.8. The average molecular weight is 414 g/mol. The molecule has 0 aliphatic heterocycles. The van der Waals surface area contributed by atoms with Gasteiger partial charge in [-0.25, -0.2) is 5.48 Å². The molecule has 8 heteroatoms. The van der Waals surface area contributed by atoms with Crippen molar-refractivity contribution in [2.45, 2.75) is 33.2 Å². The summed E-state index contributed by atoms with van der Waals surface area (Å²) in [6, 6.07) is 11.3. The van der Waals surface area contributed by atoms with Gasteiger partial charge in [0.25, 0.3) is 5.91 Å². The number of pyridine rings is 1. The summed E-state index contributed by atoms with van der Waals surface area (Å²) in [6.45, 7) is 6.17. The van der Waals surface area contributed by atoms with Crippen molar-refractivity contribution in [1.82, 2.24) is 20.2 Å². The number of halogens is 1. The fourth-order valence-corrected chi connectivity index (χ4v) is 3.24. The average Bonchev–Trinajstić information content (AvgIpc) is 3.05. The summed E-state index contributed by atoms with van der Waals surface area (Å²) >= 11 is 6.36. The number of hydroxylamine groups is 1. The molecule has 0 bridgehead atoms. The first-order valence-electron chi connectivity index (χ1n) is 9.28. The number of hydrogen-bond acceptors (Lipinski definition) is 5. The molecule has 0 aliphatic rings. The van der Waals surface area contributed by atoms with Gasteiger partial charge in [0.1, 0.15) is 0 Å². The molecule has 0 radical (unpaired) electrons. The molecule has 0 atom stereocenters. The minimum atomic E-state index is -0.350. The second kappa shape index (κ2) is 9.07. The van der Waals surface area contributed by atoms with Gasteiger partial charge < -0.3 is 5.32 Å². The zero-order valence-electron chi connectivity index (χ0n) is 16.9. The van der Waals surface area contributed by atoms with E-state index < -0.39 is 0 Å². The van der Waals surface area contributed by atoms with Gasteiger partial charge in [-0.1, -0.05) is 23.7 Å². The Hall–Kier alpha value is -2.90. The Morgan fingerprint density at radius 2 is 2.00 bits per heavy atom. The Labute approximate surface area is 175 Å². The van der Waals surface area contributed by atoms with Gasteiger partial charge in [0, 0.05) is 30.0 Å². The van der Waals surface area contributed by atoms with E-state index in [0.29, 0.717) is 28.4 Å². The minimum Gasteiger partial charge on any atom is -0.354 e. The van der Waals surface area contributed by atoms with E-state index in [0.717, 1.165) is 17.1 Å². The van der Waals surface area contributed by atoms with E-state index in [1.807, 2.05) is 23.7 Å². The SMILES string of the molecule is CONC(=O)c1ccccc1Nc1cc(Cc2cc(C)nn2C(C)C)ncc1Cl. The minimum absolute atomic E-state index is 0.259. The molecule has 2 aromatic heterocycles. The lowest BCUT2D eigenvalue weighted by atomic mass is 10.1. The Morgan fingerprint density at radius 1 is 1.24 bits per heavy atom. The molecule has 0 saturated carbocycles. The maximum Gasteiger partial charge on any atom is 0.276 e. The monoisotopic (exact) mass is 413 g/mol. The molecule has 0 spiro atoms. The third-order valence-electron chi connectivity index (χ3n) is 4.33. The van der Waals surface area contributed by atoms with Gasteiger partial charge in [-0.05, 0) is 45.0 Å². The van der Waals surface area contributed by atoms with Crippen LogP contribution in [0, 0.1) is 6.92 Å². The lowest BCUT2D eigenvalue weighted by Crippen LogP contribution is -2.22. The van der Waals surface area contributed by atoms with E-state index in [-0.39, 0.29) is 11.9 Å². The largest absolute Gasteiger partial charge is 0.354 e. The number of rotatable bonds is 7. The first-order valence-corrected chi connectivity index (χ1v) is 9.65. The highest BCUT2D eigenvalue weighted by atomic mass is 35.5. The van der Waals surface area contributed by atoms with Crippen molar-refractivity contribution < 1.29 is 9.63 Å². The summed E-state index contributed by atoms with van der Waals surface area (Å²) in [5, 5.41) is 8.25. The zero-order valence-corrected chi connectivity index (χ0v) is 17.6. The van der Waals surface area contributed by atoms with Crippen LogP contribution in [0.5, 0.6) is 0 Å². The van der Waals surface area contributed by atoms with Crippen LogP contribution in [0.3, 0.4) is 0 Å². The second-order valence-corrected chi connectivity index (χ2v) is 7.36. The van der Waals surface area contributed by atoms with Crippen molar-refractivity contribution in [2.75, 3.05) is 12.4 Å². The van der Waals surface area contributed by atoms with Crippen LogP contribution in [0.4, 0.5) is 11.4 Å². The standard InChI is InChI=1S/C21H24ClN5O2/c1-13(2)27-16(9-14(3)25-27)10-15-11-20(18(22)12-23-15)24-19-8-6-5-7-17(19)21(28)26-29-4/h5-9,11-13H,10H2,1-4H3,(H,23,24)(H,26,28). The number of nitrogens with one attached hydrogen (secondary N) is 2. The lowest BCUT2D eigenvalue weighted by Gasteiger charge is -2.14. The van der Waals surface area contributed by atoms with Crippen LogP contribution < -0.4 is 10.8 Å². The summed E-state index contributed by atoms with van der Waals surface area (Å²) in [5.41, 5.74) is 6.95. The third kappa shape index (κ3) is 4.93. The van der Waals surface area contributed by atoms with Gasteiger partial charge in [-0.15, -0.1) is 0 Å². The molecule has 2 heterocycles. The van der Waals surface area contributed by atoms with Crippen LogP contribution in [-0.4, -0.2) is 27.8 Å². The summed E-state index contributed by atoms with van der Waals surface area (Å²) in [5.74, 6) is -0.350. The number of carbonyl (C=O) groups is 1. The van der Waals surface area contributed by atoms with Crippen LogP contribution in [0.15, 0.2) is 42.6 Å². The van der Waals surface area contributed by atoms with Gasteiger partial charge >= 0.3 is 0 Å². The summed E-state index contributed by atoms with van der Waals surface area (Å²) < 4.78 is 2.00. The van der Waals surface area contributed by atoms with Crippen molar-refractivity contribution in [1.29, 1.82) is 0 Å². The van der Waals surface area contributed by atoms with E-state index in [1.54, 1.807) is 24.4 Å². The lowest BCUT2D eigenvalue weighted by molar-refractivity contribution is 0.0538.